The number of hydrogen-bond donors (Lipinski definition) is 4. The number of aromatic amines is 1. The summed E-state index contributed by atoms with van der Waals surface area (Å²) in [4.78, 5) is 14.7. The highest BCUT2D eigenvalue weighted by Gasteiger charge is 2.19. The lowest BCUT2D eigenvalue weighted by atomic mass is 10.0. The lowest BCUT2D eigenvalue weighted by Crippen LogP contribution is -2.42. The van der Waals surface area contributed by atoms with Crippen molar-refractivity contribution in [2.45, 2.75) is 84.7 Å². The van der Waals surface area contributed by atoms with Gasteiger partial charge in [-0.15, -0.1) is 0 Å². The maximum atomic E-state index is 4.69. The molecular formula is C29H47N7. The van der Waals surface area contributed by atoms with Crippen molar-refractivity contribution in [3.63, 3.8) is 0 Å². The highest BCUT2D eigenvalue weighted by atomic mass is 15.2. The van der Waals surface area contributed by atoms with Gasteiger partial charge in [0.2, 0.25) is 0 Å². The Morgan fingerprint density at radius 1 is 1.14 bits per heavy atom. The van der Waals surface area contributed by atoms with Crippen LogP contribution in [0, 0.1) is 0 Å². The minimum absolute atomic E-state index is 0.213. The first-order valence-corrected chi connectivity index (χ1v) is 13.9. The number of piperidine rings is 1. The molecule has 0 radical (unpaired) electrons. The van der Waals surface area contributed by atoms with Gasteiger partial charge in [0.25, 0.3) is 0 Å². The molecule has 2 aromatic rings. The molecule has 0 saturated carbocycles. The minimum Gasteiger partial charge on any atom is -0.371 e. The van der Waals surface area contributed by atoms with Crippen LogP contribution in [0.4, 0.5) is 17.2 Å². The third-order valence-corrected chi connectivity index (χ3v) is 7.16. The molecule has 0 bridgehead atoms. The Hall–Kier alpha value is -2.80. The summed E-state index contributed by atoms with van der Waals surface area (Å²) in [5.74, 6) is 1.57. The van der Waals surface area contributed by atoms with Crippen molar-refractivity contribution in [2.24, 2.45) is 9.98 Å². The van der Waals surface area contributed by atoms with E-state index in [2.05, 4.69) is 88.4 Å². The number of benzene rings is 1. The van der Waals surface area contributed by atoms with Gasteiger partial charge >= 0.3 is 0 Å². The van der Waals surface area contributed by atoms with E-state index >= 15 is 0 Å². The molecule has 1 fully saturated rings. The third-order valence-electron chi connectivity index (χ3n) is 7.16. The summed E-state index contributed by atoms with van der Waals surface area (Å²) in [6, 6.07) is 9.71. The number of rotatable bonds is 14. The van der Waals surface area contributed by atoms with E-state index in [1.165, 1.54) is 49.0 Å². The molecule has 0 aliphatic carbocycles. The SMILES string of the molecule is C=NC(=NC(C)CC)c1cc[nH]c1NCNc1ccc(N2CCC(NCCCCC)CC2)cc1CC. The van der Waals surface area contributed by atoms with Gasteiger partial charge in [-0.05, 0) is 82.1 Å². The summed E-state index contributed by atoms with van der Waals surface area (Å²) in [5.41, 5.74) is 4.79. The van der Waals surface area contributed by atoms with Gasteiger partial charge in [0.05, 0.1) is 12.2 Å². The predicted molar refractivity (Wildman–Crippen MR) is 157 cm³/mol. The highest BCUT2D eigenvalue weighted by Crippen LogP contribution is 2.26. The average Bonchev–Trinajstić information content (AvgIpc) is 3.38. The van der Waals surface area contributed by atoms with Gasteiger partial charge in [0, 0.05) is 42.7 Å². The van der Waals surface area contributed by atoms with E-state index < -0.39 is 0 Å². The van der Waals surface area contributed by atoms with Crippen LogP contribution in [0.2, 0.25) is 0 Å². The molecule has 1 aromatic heterocycles. The van der Waals surface area contributed by atoms with Crippen LogP contribution < -0.4 is 20.9 Å². The minimum atomic E-state index is 0.213. The van der Waals surface area contributed by atoms with Crippen LogP contribution >= 0.6 is 0 Å². The molecule has 198 valence electrons. The molecule has 1 aliphatic heterocycles. The second-order valence-corrected chi connectivity index (χ2v) is 9.78. The number of nitrogens with one attached hydrogen (secondary N) is 4. The first-order valence-electron chi connectivity index (χ1n) is 13.9. The van der Waals surface area contributed by atoms with Crippen LogP contribution in [0.1, 0.15) is 77.3 Å². The van der Waals surface area contributed by atoms with E-state index in [1.54, 1.807) is 0 Å². The number of aliphatic imine (C=N–C) groups is 2. The molecule has 36 heavy (non-hydrogen) atoms. The van der Waals surface area contributed by atoms with Gasteiger partial charge in [-0.1, -0.05) is 33.6 Å². The van der Waals surface area contributed by atoms with E-state index in [0.29, 0.717) is 18.5 Å². The topological polar surface area (TPSA) is 79.8 Å². The Bertz CT molecular complexity index is 956. The average molecular weight is 494 g/mol. The lowest BCUT2D eigenvalue weighted by Gasteiger charge is -2.34. The molecule has 1 aromatic carbocycles. The van der Waals surface area contributed by atoms with Crippen LogP contribution in [-0.2, 0) is 6.42 Å². The Balaban J connectivity index is 1.54. The van der Waals surface area contributed by atoms with Gasteiger partial charge in [-0.3, -0.25) is 4.99 Å². The van der Waals surface area contributed by atoms with Gasteiger partial charge < -0.3 is 25.8 Å². The van der Waals surface area contributed by atoms with Gasteiger partial charge in [-0.25, -0.2) is 4.99 Å². The van der Waals surface area contributed by atoms with Crippen molar-refractivity contribution < 1.29 is 0 Å². The molecular weight excluding hydrogens is 446 g/mol. The molecule has 0 spiro atoms. The standard InChI is InChI=1S/C29H47N7/c1-6-9-10-16-31-24-14-18-36(19-15-24)25-11-12-27(23(8-3)20-25)33-21-34-29-26(13-17-32-29)28(30-5)35-22(4)7-2/h11-13,17,20,22,24,31-34H,5-10,14-16,18-19,21H2,1-4H3. The van der Waals surface area contributed by atoms with Crippen LogP contribution in [-0.4, -0.2) is 55.9 Å². The number of hydrogen-bond acceptors (Lipinski definition) is 5. The van der Waals surface area contributed by atoms with Gasteiger partial charge in [0.1, 0.15) is 5.82 Å². The van der Waals surface area contributed by atoms with Crippen molar-refractivity contribution in [2.75, 3.05) is 41.8 Å². The number of aryl methyl sites for hydroxylation is 1. The largest absolute Gasteiger partial charge is 0.371 e. The molecule has 4 N–H and O–H groups in total. The maximum absolute atomic E-state index is 4.69. The van der Waals surface area contributed by atoms with Crippen molar-refractivity contribution in [1.82, 2.24) is 10.3 Å². The number of amidine groups is 1. The predicted octanol–water partition coefficient (Wildman–Crippen LogP) is 6.05. The lowest BCUT2D eigenvalue weighted by molar-refractivity contribution is 0.410. The van der Waals surface area contributed by atoms with Crippen LogP contribution in [0.25, 0.3) is 0 Å². The second-order valence-electron chi connectivity index (χ2n) is 9.78. The summed E-state index contributed by atoms with van der Waals surface area (Å²) in [5, 5.41) is 10.8. The van der Waals surface area contributed by atoms with Crippen molar-refractivity contribution in [3.05, 3.63) is 41.6 Å². The van der Waals surface area contributed by atoms with Crippen molar-refractivity contribution >= 4 is 29.7 Å². The number of aromatic nitrogens is 1. The van der Waals surface area contributed by atoms with Crippen molar-refractivity contribution in [3.8, 4) is 0 Å². The summed E-state index contributed by atoms with van der Waals surface area (Å²) in [7, 11) is 0. The maximum Gasteiger partial charge on any atom is 0.157 e. The van der Waals surface area contributed by atoms with E-state index in [9.17, 15) is 0 Å². The van der Waals surface area contributed by atoms with Crippen LogP contribution in [0.3, 0.4) is 0 Å². The molecule has 1 aliphatic rings. The molecule has 1 atom stereocenters. The number of unbranched alkanes of at least 4 members (excludes halogenated alkanes) is 2. The highest BCUT2D eigenvalue weighted by molar-refractivity contribution is 6.05. The fourth-order valence-corrected chi connectivity index (χ4v) is 4.69. The fraction of sp³-hybridized carbons (Fsp3) is 0.586. The number of H-pyrrole nitrogens is 1. The van der Waals surface area contributed by atoms with Gasteiger partial charge in [-0.2, -0.15) is 0 Å². The Labute approximate surface area is 218 Å². The monoisotopic (exact) mass is 493 g/mol. The van der Waals surface area contributed by atoms with E-state index in [1.807, 2.05) is 12.3 Å². The molecule has 1 unspecified atom stereocenters. The zero-order chi connectivity index (χ0) is 25.8. The number of anilines is 3. The van der Waals surface area contributed by atoms with Crippen LogP contribution in [0.5, 0.6) is 0 Å². The first kappa shape index (κ1) is 27.8. The Kier molecular flexibility index (Phi) is 11.3. The van der Waals surface area contributed by atoms with E-state index in [-0.39, 0.29) is 6.04 Å². The van der Waals surface area contributed by atoms with E-state index in [0.717, 1.165) is 43.9 Å². The van der Waals surface area contributed by atoms with Crippen molar-refractivity contribution in [1.29, 1.82) is 0 Å². The third kappa shape index (κ3) is 7.85. The summed E-state index contributed by atoms with van der Waals surface area (Å²) in [6.07, 6.45) is 10.2. The Morgan fingerprint density at radius 2 is 1.94 bits per heavy atom. The zero-order valence-electron chi connectivity index (χ0n) is 22.9. The van der Waals surface area contributed by atoms with Crippen LogP contribution in [0.15, 0.2) is 40.4 Å². The Morgan fingerprint density at radius 3 is 2.64 bits per heavy atom. The molecule has 3 rings (SSSR count). The summed E-state index contributed by atoms with van der Waals surface area (Å²) >= 11 is 0. The zero-order valence-corrected chi connectivity index (χ0v) is 22.9. The fourth-order valence-electron chi connectivity index (χ4n) is 4.69. The number of nitrogens with zero attached hydrogens (tertiary/aromatic N) is 3. The summed E-state index contributed by atoms with van der Waals surface area (Å²) < 4.78 is 0. The molecule has 0 amide bonds. The quantitative estimate of drug-likeness (QED) is 0.112. The second kappa shape index (κ2) is 14.7. The molecule has 2 heterocycles. The smallest absolute Gasteiger partial charge is 0.157 e. The van der Waals surface area contributed by atoms with Gasteiger partial charge in [0.15, 0.2) is 5.84 Å². The molecule has 7 heteroatoms. The van der Waals surface area contributed by atoms with E-state index in [4.69, 9.17) is 0 Å². The first-order chi connectivity index (χ1) is 17.6. The normalized spacial score (nSPS) is 15.7. The molecule has 7 nitrogen and oxygen atoms in total. The molecule has 1 saturated heterocycles. The summed E-state index contributed by atoms with van der Waals surface area (Å²) in [6.45, 7) is 16.4.